The molecule has 0 spiro atoms. The maximum absolute atomic E-state index is 12.9. The SMILES string of the molecule is Cc1ccnc(-n2ncc3c4c(sc3c2=O)CC(C)(C)C4)c1C=O. The normalized spacial score (nSPS) is 15.6. The fraction of sp³-hybridized carbons (Fsp3) is 0.333. The molecule has 1 aliphatic rings. The molecule has 3 heterocycles. The molecule has 0 fully saturated rings. The lowest BCUT2D eigenvalue weighted by molar-refractivity contribution is 0.112. The van der Waals surface area contributed by atoms with Gasteiger partial charge in [-0.05, 0) is 42.4 Å². The number of aryl methyl sites for hydroxylation is 1. The lowest BCUT2D eigenvalue weighted by atomic mass is 9.90. The number of carbonyl (C=O) groups excluding carboxylic acids is 1. The van der Waals surface area contributed by atoms with Gasteiger partial charge in [-0.2, -0.15) is 9.78 Å². The van der Waals surface area contributed by atoms with Gasteiger partial charge in [-0.25, -0.2) is 4.98 Å². The summed E-state index contributed by atoms with van der Waals surface area (Å²) in [6, 6.07) is 1.75. The Hall–Kier alpha value is -2.34. The Labute approximate surface area is 143 Å². The van der Waals surface area contributed by atoms with E-state index in [0.717, 1.165) is 30.1 Å². The first-order valence-corrected chi connectivity index (χ1v) is 8.67. The second-order valence-corrected chi connectivity index (χ2v) is 8.21. The molecule has 0 saturated carbocycles. The predicted octanol–water partition coefficient (Wildman–Crippen LogP) is 3.09. The first kappa shape index (κ1) is 15.2. The number of carbonyl (C=O) groups is 1. The molecule has 0 radical (unpaired) electrons. The Kier molecular flexibility index (Phi) is 3.22. The van der Waals surface area contributed by atoms with Crippen molar-refractivity contribution in [3.05, 3.63) is 50.4 Å². The summed E-state index contributed by atoms with van der Waals surface area (Å²) in [5, 5.41) is 5.26. The van der Waals surface area contributed by atoms with Crippen LogP contribution in [0.2, 0.25) is 0 Å². The fourth-order valence-corrected chi connectivity index (χ4v) is 4.89. The number of aldehydes is 1. The Morgan fingerprint density at radius 2 is 2.12 bits per heavy atom. The number of aromatic nitrogens is 3. The van der Waals surface area contributed by atoms with Gasteiger partial charge in [-0.1, -0.05) is 13.8 Å². The Morgan fingerprint density at radius 1 is 1.33 bits per heavy atom. The van der Waals surface area contributed by atoms with E-state index in [9.17, 15) is 9.59 Å². The van der Waals surface area contributed by atoms with Crippen molar-refractivity contribution in [1.29, 1.82) is 0 Å². The van der Waals surface area contributed by atoms with E-state index >= 15 is 0 Å². The molecule has 24 heavy (non-hydrogen) atoms. The van der Waals surface area contributed by atoms with Crippen molar-refractivity contribution in [2.24, 2.45) is 5.41 Å². The minimum Gasteiger partial charge on any atom is -0.298 e. The zero-order valence-corrected chi connectivity index (χ0v) is 14.6. The van der Waals surface area contributed by atoms with Crippen molar-refractivity contribution in [1.82, 2.24) is 14.8 Å². The molecule has 6 heteroatoms. The van der Waals surface area contributed by atoms with Crippen molar-refractivity contribution in [3.8, 4) is 5.82 Å². The second kappa shape index (κ2) is 5.08. The number of rotatable bonds is 2. The summed E-state index contributed by atoms with van der Waals surface area (Å²) in [6.45, 7) is 6.31. The van der Waals surface area contributed by atoms with Gasteiger partial charge in [-0.3, -0.25) is 9.59 Å². The van der Waals surface area contributed by atoms with Gasteiger partial charge >= 0.3 is 0 Å². The Morgan fingerprint density at radius 3 is 2.88 bits per heavy atom. The van der Waals surface area contributed by atoms with Crippen LogP contribution in [0.5, 0.6) is 0 Å². The van der Waals surface area contributed by atoms with Crippen LogP contribution in [0.1, 0.15) is 40.2 Å². The molecule has 1 aliphatic carbocycles. The molecule has 0 amide bonds. The van der Waals surface area contributed by atoms with Gasteiger partial charge < -0.3 is 0 Å². The predicted molar refractivity (Wildman–Crippen MR) is 94.3 cm³/mol. The molecular weight excluding hydrogens is 322 g/mol. The third-order valence-corrected chi connectivity index (χ3v) is 5.86. The Bertz CT molecular complexity index is 1050. The van der Waals surface area contributed by atoms with Gasteiger partial charge in [-0.15, -0.1) is 11.3 Å². The van der Waals surface area contributed by atoms with E-state index in [1.807, 2.05) is 6.92 Å². The quantitative estimate of drug-likeness (QED) is 0.673. The zero-order chi connectivity index (χ0) is 17.1. The molecule has 0 aromatic carbocycles. The molecule has 0 unspecified atom stereocenters. The van der Waals surface area contributed by atoms with Gasteiger partial charge in [0.15, 0.2) is 12.1 Å². The molecule has 0 N–H and O–H groups in total. The fourth-order valence-electron chi connectivity index (χ4n) is 3.42. The number of thiophene rings is 1. The molecule has 3 aromatic heterocycles. The molecule has 4 rings (SSSR count). The van der Waals surface area contributed by atoms with Crippen molar-refractivity contribution < 1.29 is 4.79 Å². The minimum atomic E-state index is -0.203. The lowest BCUT2D eigenvalue weighted by Crippen LogP contribution is -2.23. The smallest absolute Gasteiger partial charge is 0.290 e. The van der Waals surface area contributed by atoms with Crippen LogP contribution in [0.3, 0.4) is 0 Å². The summed E-state index contributed by atoms with van der Waals surface area (Å²) in [4.78, 5) is 29.8. The van der Waals surface area contributed by atoms with Crippen LogP contribution in [0.4, 0.5) is 0 Å². The van der Waals surface area contributed by atoms with Crippen molar-refractivity contribution in [3.63, 3.8) is 0 Å². The topological polar surface area (TPSA) is 64.8 Å². The number of hydrogen-bond donors (Lipinski definition) is 0. The molecule has 0 saturated heterocycles. The van der Waals surface area contributed by atoms with Gasteiger partial charge in [0.2, 0.25) is 0 Å². The molecule has 3 aromatic rings. The number of hydrogen-bond acceptors (Lipinski definition) is 5. The van der Waals surface area contributed by atoms with Crippen LogP contribution < -0.4 is 5.56 Å². The largest absolute Gasteiger partial charge is 0.298 e. The van der Waals surface area contributed by atoms with Gasteiger partial charge in [0.05, 0.1) is 11.8 Å². The number of nitrogens with zero attached hydrogens (tertiary/aromatic N) is 3. The molecule has 0 bridgehead atoms. The standard InChI is InChI=1S/C18H17N3O2S/c1-10-4-5-19-16(13(10)9-22)21-17(23)15-12(8-20-21)11-6-18(2,3)7-14(11)24-15/h4-5,8-9H,6-7H2,1-3H3. The van der Waals surface area contributed by atoms with E-state index in [1.54, 1.807) is 29.8 Å². The third-order valence-electron chi connectivity index (χ3n) is 4.62. The van der Waals surface area contributed by atoms with Gasteiger partial charge in [0, 0.05) is 16.5 Å². The summed E-state index contributed by atoms with van der Waals surface area (Å²) < 4.78 is 1.95. The number of fused-ring (bicyclic) bond motifs is 3. The van der Waals surface area contributed by atoms with E-state index in [0.29, 0.717) is 16.1 Å². The van der Waals surface area contributed by atoms with Crippen LogP contribution >= 0.6 is 11.3 Å². The molecule has 0 aliphatic heterocycles. The highest BCUT2D eigenvalue weighted by molar-refractivity contribution is 7.19. The molecule has 5 nitrogen and oxygen atoms in total. The van der Waals surface area contributed by atoms with Crippen molar-refractivity contribution >= 4 is 27.7 Å². The third kappa shape index (κ3) is 2.13. The van der Waals surface area contributed by atoms with Crippen LogP contribution in [0, 0.1) is 12.3 Å². The van der Waals surface area contributed by atoms with Crippen LogP contribution in [-0.4, -0.2) is 21.1 Å². The van der Waals surface area contributed by atoms with E-state index in [-0.39, 0.29) is 11.0 Å². The lowest BCUT2D eigenvalue weighted by Gasteiger charge is -2.15. The van der Waals surface area contributed by atoms with Crippen LogP contribution in [0.25, 0.3) is 15.9 Å². The monoisotopic (exact) mass is 339 g/mol. The Balaban J connectivity index is 1.95. The highest BCUT2D eigenvalue weighted by atomic mass is 32.1. The van der Waals surface area contributed by atoms with E-state index < -0.39 is 0 Å². The van der Waals surface area contributed by atoms with Crippen LogP contribution in [-0.2, 0) is 12.8 Å². The molecular formula is C18H17N3O2S. The number of pyridine rings is 1. The maximum Gasteiger partial charge on any atom is 0.290 e. The summed E-state index contributed by atoms with van der Waals surface area (Å²) in [6.07, 6.45) is 6.02. The van der Waals surface area contributed by atoms with E-state index in [2.05, 4.69) is 23.9 Å². The average molecular weight is 339 g/mol. The maximum atomic E-state index is 12.9. The van der Waals surface area contributed by atoms with Gasteiger partial charge in [0.1, 0.15) is 4.70 Å². The van der Waals surface area contributed by atoms with Gasteiger partial charge in [0.25, 0.3) is 5.56 Å². The second-order valence-electron chi connectivity index (χ2n) is 7.11. The first-order chi connectivity index (χ1) is 11.4. The average Bonchev–Trinajstić information content (AvgIpc) is 3.00. The highest BCUT2D eigenvalue weighted by Gasteiger charge is 2.32. The van der Waals surface area contributed by atoms with Crippen molar-refractivity contribution in [2.45, 2.75) is 33.6 Å². The molecule has 0 atom stereocenters. The van der Waals surface area contributed by atoms with E-state index in [4.69, 9.17) is 0 Å². The van der Waals surface area contributed by atoms with Crippen LogP contribution in [0.15, 0.2) is 23.3 Å². The molecule has 122 valence electrons. The van der Waals surface area contributed by atoms with E-state index in [1.165, 1.54) is 15.1 Å². The zero-order valence-electron chi connectivity index (χ0n) is 13.8. The minimum absolute atomic E-state index is 0.203. The summed E-state index contributed by atoms with van der Waals surface area (Å²) in [5.41, 5.74) is 2.47. The van der Waals surface area contributed by atoms with Crippen molar-refractivity contribution in [2.75, 3.05) is 0 Å². The highest BCUT2D eigenvalue weighted by Crippen LogP contribution is 2.43. The summed E-state index contributed by atoms with van der Waals surface area (Å²) >= 11 is 1.55. The summed E-state index contributed by atoms with van der Waals surface area (Å²) in [5.74, 6) is 0.297. The summed E-state index contributed by atoms with van der Waals surface area (Å²) in [7, 11) is 0. The first-order valence-electron chi connectivity index (χ1n) is 7.85.